The van der Waals surface area contributed by atoms with E-state index in [0.717, 1.165) is 11.8 Å². The molecule has 2 aromatic carbocycles. The first-order chi connectivity index (χ1) is 16.3. The lowest BCUT2D eigenvalue weighted by Gasteiger charge is -2.16. The van der Waals surface area contributed by atoms with Crippen LogP contribution in [-0.2, 0) is 11.8 Å². The number of carbonyl (C=O) groups excluding carboxylic acids is 2. The first-order valence-corrected chi connectivity index (χ1v) is 11.0. The Balaban J connectivity index is 1.61. The lowest BCUT2D eigenvalue weighted by Crippen LogP contribution is -2.32. The second-order valence-corrected chi connectivity index (χ2v) is 8.00. The predicted octanol–water partition coefficient (Wildman–Crippen LogP) is 1.72. The Morgan fingerprint density at radius 2 is 1.85 bits per heavy atom. The fraction of sp³-hybridized carbons (Fsp3) is 0.227. The van der Waals surface area contributed by atoms with Crippen molar-refractivity contribution in [2.45, 2.75) is 11.2 Å². The van der Waals surface area contributed by atoms with Gasteiger partial charge in [-0.05, 0) is 42.5 Å². The van der Waals surface area contributed by atoms with Crippen LogP contribution in [0.4, 0.5) is 5.69 Å². The lowest BCUT2D eigenvalue weighted by atomic mass is 10.2. The molecular formula is C22H23N5O6S. The molecule has 11 nitrogen and oxygen atoms in total. The van der Waals surface area contributed by atoms with E-state index in [0.29, 0.717) is 28.0 Å². The minimum Gasteiger partial charge on any atom is -0.497 e. The monoisotopic (exact) mass is 485 g/mol. The van der Waals surface area contributed by atoms with Gasteiger partial charge in [0.1, 0.15) is 11.8 Å². The van der Waals surface area contributed by atoms with Gasteiger partial charge in [0, 0.05) is 18.3 Å². The van der Waals surface area contributed by atoms with Gasteiger partial charge in [-0.1, -0.05) is 17.8 Å². The van der Waals surface area contributed by atoms with Gasteiger partial charge in [0.05, 0.1) is 25.0 Å². The number of anilines is 1. The Kier molecular flexibility index (Phi) is 8.22. The molecule has 1 heterocycles. The van der Waals surface area contributed by atoms with Crippen molar-refractivity contribution in [2.24, 2.45) is 7.05 Å². The molecule has 0 radical (unpaired) electrons. The molecule has 0 saturated carbocycles. The van der Waals surface area contributed by atoms with Crippen LogP contribution in [0.2, 0.25) is 0 Å². The molecule has 0 spiro atoms. The van der Waals surface area contributed by atoms with E-state index in [9.17, 15) is 19.5 Å². The Morgan fingerprint density at radius 1 is 1.12 bits per heavy atom. The molecule has 0 fully saturated rings. The SMILES string of the molecule is COc1ccc(C(=O)N[C@H](CO)c2nnc(SCC(=O)Nc3cccc(C(=O)O)c3)n2C)cc1. The third-order valence-electron chi connectivity index (χ3n) is 4.75. The highest BCUT2D eigenvalue weighted by Gasteiger charge is 2.22. The van der Waals surface area contributed by atoms with Crippen molar-refractivity contribution < 1.29 is 29.3 Å². The van der Waals surface area contributed by atoms with Crippen LogP contribution in [0.25, 0.3) is 0 Å². The summed E-state index contributed by atoms with van der Waals surface area (Å²) >= 11 is 1.11. The first-order valence-electron chi connectivity index (χ1n) is 10.0. The van der Waals surface area contributed by atoms with Crippen molar-refractivity contribution in [1.82, 2.24) is 20.1 Å². The number of carboxylic acids is 1. The Morgan fingerprint density at radius 3 is 2.50 bits per heavy atom. The molecule has 1 aromatic heterocycles. The minimum absolute atomic E-state index is 0.00866. The van der Waals surface area contributed by atoms with Gasteiger partial charge >= 0.3 is 5.97 Å². The number of nitrogens with one attached hydrogen (secondary N) is 2. The fourth-order valence-electron chi connectivity index (χ4n) is 2.99. The number of ether oxygens (including phenoxy) is 1. The van der Waals surface area contributed by atoms with E-state index in [4.69, 9.17) is 9.84 Å². The van der Waals surface area contributed by atoms with Crippen molar-refractivity contribution in [3.8, 4) is 5.75 Å². The Hall–Kier alpha value is -3.90. The van der Waals surface area contributed by atoms with E-state index in [1.165, 1.54) is 25.3 Å². The number of carboxylic acid groups (broad SMARTS) is 1. The zero-order valence-electron chi connectivity index (χ0n) is 18.4. The molecule has 34 heavy (non-hydrogen) atoms. The van der Waals surface area contributed by atoms with E-state index in [1.54, 1.807) is 41.9 Å². The zero-order chi connectivity index (χ0) is 24.7. The molecular weight excluding hydrogens is 462 g/mol. The molecule has 0 aliphatic carbocycles. The molecule has 2 amide bonds. The summed E-state index contributed by atoms with van der Waals surface area (Å²) in [6.45, 7) is -0.404. The second kappa shape index (κ2) is 11.3. The van der Waals surface area contributed by atoms with Crippen molar-refractivity contribution in [2.75, 3.05) is 24.8 Å². The quantitative estimate of drug-likeness (QED) is 0.314. The first kappa shape index (κ1) is 24.7. The third kappa shape index (κ3) is 6.11. The molecule has 4 N–H and O–H groups in total. The lowest BCUT2D eigenvalue weighted by molar-refractivity contribution is -0.113. The summed E-state index contributed by atoms with van der Waals surface area (Å²) in [5.41, 5.74) is 0.820. The van der Waals surface area contributed by atoms with Crippen molar-refractivity contribution >= 4 is 35.2 Å². The second-order valence-electron chi connectivity index (χ2n) is 7.06. The Labute approximate surface area is 199 Å². The maximum atomic E-state index is 12.5. The van der Waals surface area contributed by atoms with Crippen LogP contribution in [0.5, 0.6) is 5.75 Å². The number of thioether (sulfide) groups is 1. The van der Waals surface area contributed by atoms with E-state index in [1.807, 2.05) is 0 Å². The molecule has 1 atom stereocenters. The third-order valence-corrected chi connectivity index (χ3v) is 5.77. The van der Waals surface area contributed by atoms with Gasteiger partial charge in [-0.15, -0.1) is 10.2 Å². The maximum absolute atomic E-state index is 12.5. The average Bonchev–Trinajstić information content (AvgIpc) is 3.21. The number of rotatable bonds is 10. The molecule has 12 heteroatoms. The van der Waals surface area contributed by atoms with Crippen LogP contribution in [0.15, 0.2) is 53.7 Å². The highest BCUT2D eigenvalue weighted by atomic mass is 32.2. The maximum Gasteiger partial charge on any atom is 0.335 e. The number of amides is 2. The summed E-state index contributed by atoms with van der Waals surface area (Å²) in [7, 11) is 3.19. The van der Waals surface area contributed by atoms with Gasteiger partial charge in [-0.2, -0.15) is 0 Å². The summed E-state index contributed by atoms with van der Waals surface area (Å²) in [5.74, 6) is -0.920. The largest absolute Gasteiger partial charge is 0.497 e. The smallest absolute Gasteiger partial charge is 0.335 e. The van der Waals surface area contributed by atoms with Crippen LogP contribution < -0.4 is 15.4 Å². The molecule has 0 saturated heterocycles. The number of aromatic carboxylic acids is 1. The van der Waals surface area contributed by atoms with Crippen LogP contribution in [0.1, 0.15) is 32.6 Å². The van der Waals surface area contributed by atoms with E-state index in [2.05, 4.69) is 20.8 Å². The van der Waals surface area contributed by atoms with Gasteiger partial charge in [-0.25, -0.2) is 4.79 Å². The number of methoxy groups -OCH3 is 1. The number of hydrogen-bond acceptors (Lipinski definition) is 8. The van der Waals surface area contributed by atoms with Gasteiger partial charge < -0.3 is 30.2 Å². The number of aliphatic hydroxyl groups is 1. The minimum atomic E-state index is -1.09. The van der Waals surface area contributed by atoms with Gasteiger partial charge in [-0.3, -0.25) is 9.59 Å². The fourth-order valence-corrected chi connectivity index (χ4v) is 3.71. The van der Waals surface area contributed by atoms with Crippen molar-refractivity contribution in [3.05, 3.63) is 65.5 Å². The highest BCUT2D eigenvalue weighted by Crippen LogP contribution is 2.20. The molecule has 3 aromatic rings. The summed E-state index contributed by atoms with van der Waals surface area (Å²) in [6, 6.07) is 11.6. The molecule has 0 aliphatic rings. The predicted molar refractivity (Wildman–Crippen MR) is 124 cm³/mol. The van der Waals surface area contributed by atoms with Gasteiger partial charge in [0.2, 0.25) is 5.91 Å². The van der Waals surface area contributed by atoms with Crippen LogP contribution in [-0.4, -0.2) is 62.2 Å². The number of hydrogen-bond donors (Lipinski definition) is 4. The van der Waals surface area contributed by atoms with Gasteiger partial charge in [0.15, 0.2) is 11.0 Å². The molecule has 0 bridgehead atoms. The number of aromatic nitrogens is 3. The van der Waals surface area contributed by atoms with E-state index >= 15 is 0 Å². The normalized spacial score (nSPS) is 11.5. The van der Waals surface area contributed by atoms with Crippen molar-refractivity contribution in [1.29, 1.82) is 0 Å². The Bertz CT molecular complexity index is 1180. The van der Waals surface area contributed by atoms with E-state index < -0.39 is 24.5 Å². The number of carbonyl (C=O) groups is 3. The summed E-state index contributed by atoms with van der Waals surface area (Å²) in [4.78, 5) is 35.9. The van der Waals surface area contributed by atoms with Crippen LogP contribution in [0, 0.1) is 0 Å². The average molecular weight is 486 g/mol. The number of aliphatic hydroxyl groups excluding tert-OH is 1. The topological polar surface area (TPSA) is 156 Å². The molecule has 0 aliphatic heterocycles. The molecule has 3 rings (SSSR count). The van der Waals surface area contributed by atoms with Gasteiger partial charge in [0.25, 0.3) is 5.91 Å². The summed E-state index contributed by atoms with van der Waals surface area (Å²) in [6.07, 6.45) is 0. The summed E-state index contributed by atoms with van der Waals surface area (Å²) in [5, 5.41) is 32.7. The summed E-state index contributed by atoms with van der Waals surface area (Å²) < 4.78 is 6.66. The zero-order valence-corrected chi connectivity index (χ0v) is 19.2. The molecule has 178 valence electrons. The van der Waals surface area contributed by atoms with Crippen LogP contribution >= 0.6 is 11.8 Å². The number of benzene rings is 2. The van der Waals surface area contributed by atoms with E-state index in [-0.39, 0.29) is 17.2 Å². The molecule has 0 unspecified atom stereocenters. The van der Waals surface area contributed by atoms with Crippen LogP contribution in [0.3, 0.4) is 0 Å². The van der Waals surface area contributed by atoms with Crippen molar-refractivity contribution in [3.63, 3.8) is 0 Å². The highest BCUT2D eigenvalue weighted by molar-refractivity contribution is 7.99. The standard InChI is InChI=1S/C22H23N5O6S/c1-27-19(17(11-28)24-20(30)13-6-8-16(33-2)9-7-13)25-26-22(27)34-12-18(29)23-15-5-3-4-14(10-15)21(31)32/h3-10,17,28H,11-12H2,1-2H3,(H,23,29)(H,24,30)(H,31,32)/t17-/m1/s1. The number of nitrogens with zero attached hydrogens (tertiary/aromatic N) is 3.